The number of nitrogens with zero attached hydrogens (tertiary/aromatic N) is 2. The van der Waals surface area contributed by atoms with Gasteiger partial charge in [0.25, 0.3) is 5.56 Å². The van der Waals surface area contributed by atoms with E-state index in [4.69, 9.17) is 0 Å². The smallest absolute Gasteiger partial charge is 0.308 e. The van der Waals surface area contributed by atoms with Crippen LogP contribution in [0.1, 0.15) is 38.5 Å². The maximum Gasteiger partial charge on any atom is 0.308 e. The molecule has 0 bridgehead atoms. The fourth-order valence-corrected chi connectivity index (χ4v) is 3.67. The number of hydrogen-bond donors (Lipinski definition) is 2. The number of carboxylic acids is 1. The lowest BCUT2D eigenvalue weighted by Gasteiger charge is -2.27. The molecule has 1 aliphatic rings. The van der Waals surface area contributed by atoms with Gasteiger partial charge >= 0.3 is 5.97 Å². The standard InChI is InChI=1S/C21H25N3O4/c25-19(22-18-11-7-2-1-6-10-16(18)21(27)28)14-24-20(26)13-12-17(23-24)15-8-4-3-5-9-15/h3-5,8-9,12-13,16,18H,1-2,6-7,10-11,14H2,(H,22,25)(H,27,28). The lowest BCUT2D eigenvalue weighted by atomic mass is 9.87. The van der Waals surface area contributed by atoms with Crippen LogP contribution in [0.15, 0.2) is 47.3 Å². The fraction of sp³-hybridized carbons (Fsp3) is 0.429. The van der Waals surface area contributed by atoms with E-state index in [1.807, 2.05) is 30.3 Å². The monoisotopic (exact) mass is 383 g/mol. The maximum absolute atomic E-state index is 12.5. The van der Waals surface area contributed by atoms with Gasteiger partial charge in [-0.15, -0.1) is 0 Å². The second-order valence-corrected chi connectivity index (χ2v) is 7.19. The third-order valence-corrected chi connectivity index (χ3v) is 5.16. The third-order valence-electron chi connectivity index (χ3n) is 5.16. The quantitative estimate of drug-likeness (QED) is 0.826. The summed E-state index contributed by atoms with van der Waals surface area (Å²) in [6.45, 7) is -0.234. The molecule has 1 aliphatic carbocycles. The Bertz CT molecular complexity index is 879. The fourth-order valence-electron chi connectivity index (χ4n) is 3.67. The second kappa shape index (κ2) is 9.30. The predicted octanol–water partition coefficient (Wildman–Crippen LogP) is 2.45. The molecule has 7 heteroatoms. The van der Waals surface area contributed by atoms with Crippen LogP contribution in [-0.4, -0.2) is 32.8 Å². The summed E-state index contributed by atoms with van der Waals surface area (Å²) in [5, 5.41) is 16.6. The van der Waals surface area contributed by atoms with E-state index in [9.17, 15) is 19.5 Å². The molecular weight excluding hydrogens is 358 g/mol. The Kier molecular flexibility index (Phi) is 6.57. The van der Waals surface area contributed by atoms with Crippen LogP contribution < -0.4 is 10.9 Å². The topological polar surface area (TPSA) is 101 Å². The summed E-state index contributed by atoms with van der Waals surface area (Å²) in [4.78, 5) is 36.3. The van der Waals surface area contributed by atoms with Gasteiger partial charge in [-0.05, 0) is 18.9 Å². The number of carbonyl (C=O) groups excluding carboxylic acids is 1. The molecule has 2 aromatic rings. The Balaban J connectivity index is 1.73. The molecule has 2 unspecified atom stereocenters. The van der Waals surface area contributed by atoms with E-state index in [0.29, 0.717) is 18.5 Å². The third kappa shape index (κ3) is 5.06. The number of carboxylic acid groups (broad SMARTS) is 1. The van der Waals surface area contributed by atoms with Crippen LogP contribution in [0.5, 0.6) is 0 Å². The number of benzene rings is 1. The van der Waals surface area contributed by atoms with Gasteiger partial charge in [0.15, 0.2) is 0 Å². The van der Waals surface area contributed by atoms with Crippen molar-refractivity contribution in [3.63, 3.8) is 0 Å². The van der Waals surface area contributed by atoms with Crippen LogP contribution >= 0.6 is 0 Å². The minimum Gasteiger partial charge on any atom is -0.481 e. The van der Waals surface area contributed by atoms with Crippen molar-refractivity contribution >= 4 is 11.9 Å². The van der Waals surface area contributed by atoms with Crippen molar-refractivity contribution in [2.24, 2.45) is 5.92 Å². The van der Waals surface area contributed by atoms with Crippen molar-refractivity contribution in [2.45, 2.75) is 51.1 Å². The molecule has 28 heavy (non-hydrogen) atoms. The highest BCUT2D eigenvalue weighted by Gasteiger charge is 2.30. The zero-order valence-electron chi connectivity index (χ0n) is 15.7. The normalized spacial score (nSPS) is 20.0. The van der Waals surface area contributed by atoms with Crippen LogP contribution in [0.2, 0.25) is 0 Å². The average Bonchev–Trinajstić information content (AvgIpc) is 2.66. The molecule has 1 aromatic heterocycles. The number of amides is 1. The number of carbonyl (C=O) groups is 2. The Labute approximate surface area is 163 Å². The molecule has 0 spiro atoms. The number of rotatable bonds is 5. The highest BCUT2D eigenvalue weighted by molar-refractivity contribution is 5.78. The lowest BCUT2D eigenvalue weighted by Crippen LogP contribution is -2.46. The van der Waals surface area contributed by atoms with E-state index in [0.717, 1.165) is 35.9 Å². The molecule has 1 fully saturated rings. The SMILES string of the molecule is O=C(Cn1nc(-c2ccccc2)ccc1=O)NC1CCCCCCC1C(=O)O. The highest BCUT2D eigenvalue weighted by atomic mass is 16.4. The van der Waals surface area contributed by atoms with Gasteiger partial charge in [-0.25, -0.2) is 4.68 Å². The number of aliphatic carboxylic acids is 1. The summed E-state index contributed by atoms with van der Waals surface area (Å²) in [5.74, 6) is -1.87. The van der Waals surface area contributed by atoms with Gasteiger partial charge in [0.05, 0.1) is 11.6 Å². The predicted molar refractivity (Wildman–Crippen MR) is 105 cm³/mol. The molecule has 1 saturated carbocycles. The lowest BCUT2D eigenvalue weighted by molar-refractivity contribution is -0.143. The molecule has 0 aliphatic heterocycles. The van der Waals surface area contributed by atoms with Gasteiger partial charge in [0, 0.05) is 17.7 Å². The van der Waals surface area contributed by atoms with Crippen molar-refractivity contribution < 1.29 is 14.7 Å². The minimum atomic E-state index is -0.881. The van der Waals surface area contributed by atoms with E-state index < -0.39 is 23.8 Å². The molecule has 148 valence electrons. The molecular formula is C21H25N3O4. The first-order valence-corrected chi connectivity index (χ1v) is 9.70. The van der Waals surface area contributed by atoms with Gasteiger partial charge < -0.3 is 10.4 Å². The van der Waals surface area contributed by atoms with Crippen molar-refractivity contribution in [3.8, 4) is 11.3 Å². The molecule has 0 radical (unpaired) electrons. The van der Waals surface area contributed by atoms with Crippen LogP contribution in [0.25, 0.3) is 11.3 Å². The van der Waals surface area contributed by atoms with Crippen LogP contribution in [0.3, 0.4) is 0 Å². The molecule has 2 atom stereocenters. The molecule has 2 N–H and O–H groups in total. The van der Waals surface area contributed by atoms with E-state index in [1.165, 1.54) is 6.07 Å². The average molecular weight is 383 g/mol. The molecule has 1 amide bonds. The van der Waals surface area contributed by atoms with Crippen LogP contribution in [0, 0.1) is 5.92 Å². The van der Waals surface area contributed by atoms with Gasteiger partial charge in [-0.1, -0.05) is 56.0 Å². The first kappa shape index (κ1) is 19.8. The van der Waals surface area contributed by atoms with Gasteiger partial charge in [-0.3, -0.25) is 14.4 Å². The van der Waals surface area contributed by atoms with Gasteiger partial charge in [0.1, 0.15) is 6.54 Å². The summed E-state index contributed by atoms with van der Waals surface area (Å²) >= 11 is 0. The second-order valence-electron chi connectivity index (χ2n) is 7.19. The summed E-state index contributed by atoms with van der Waals surface area (Å²) in [6.07, 6.45) is 4.99. The van der Waals surface area contributed by atoms with E-state index in [2.05, 4.69) is 10.4 Å². The first-order valence-electron chi connectivity index (χ1n) is 9.70. The van der Waals surface area contributed by atoms with E-state index in [-0.39, 0.29) is 12.1 Å². The summed E-state index contributed by atoms with van der Waals surface area (Å²) in [7, 11) is 0. The maximum atomic E-state index is 12.5. The Morgan fingerprint density at radius 3 is 2.46 bits per heavy atom. The van der Waals surface area contributed by atoms with Gasteiger partial charge in [0.2, 0.25) is 5.91 Å². The molecule has 1 aromatic carbocycles. The molecule has 3 rings (SSSR count). The van der Waals surface area contributed by atoms with Crippen molar-refractivity contribution in [2.75, 3.05) is 0 Å². The molecule has 0 saturated heterocycles. The Morgan fingerprint density at radius 2 is 1.75 bits per heavy atom. The van der Waals surface area contributed by atoms with Crippen molar-refractivity contribution in [3.05, 3.63) is 52.8 Å². The zero-order chi connectivity index (χ0) is 19.9. The zero-order valence-corrected chi connectivity index (χ0v) is 15.7. The highest BCUT2D eigenvalue weighted by Crippen LogP contribution is 2.23. The van der Waals surface area contributed by atoms with Crippen molar-refractivity contribution in [1.29, 1.82) is 0 Å². The largest absolute Gasteiger partial charge is 0.481 e. The Hall–Kier alpha value is -2.96. The van der Waals surface area contributed by atoms with Crippen molar-refractivity contribution in [1.82, 2.24) is 15.1 Å². The summed E-state index contributed by atoms with van der Waals surface area (Å²) in [5.41, 5.74) is 1.08. The number of hydrogen-bond acceptors (Lipinski definition) is 4. The number of aromatic nitrogens is 2. The van der Waals surface area contributed by atoms with Crippen LogP contribution in [0.4, 0.5) is 0 Å². The van der Waals surface area contributed by atoms with Gasteiger partial charge in [-0.2, -0.15) is 5.10 Å². The van der Waals surface area contributed by atoms with E-state index in [1.54, 1.807) is 6.07 Å². The van der Waals surface area contributed by atoms with Crippen LogP contribution in [-0.2, 0) is 16.1 Å². The Morgan fingerprint density at radius 1 is 1.04 bits per heavy atom. The molecule has 1 heterocycles. The molecule has 7 nitrogen and oxygen atoms in total. The first-order chi connectivity index (χ1) is 13.5. The minimum absolute atomic E-state index is 0.234. The van der Waals surface area contributed by atoms with E-state index >= 15 is 0 Å². The number of nitrogens with one attached hydrogen (secondary N) is 1. The summed E-state index contributed by atoms with van der Waals surface area (Å²) in [6, 6.07) is 12.0. The summed E-state index contributed by atoms with van der Waals surface area (Å²) < 4.78 is 1.12.